The first-order chi connectivity index (χ1) is 14.0. The lowest BCUT2D eigenvalue weighted by Crippen LogP contribution is -2.01. The Hall–Kier alpha value is -3.05. The van der Waals surface area contributed by atoms with Crippen LogP contribution < -0.4 is 0 Å². The van der Waals surface area contributed by atoms with Crippen molar-refractivity contribution in [2.45, 2.75) is 19.1 Å². The standard InChI is InChI=1S/C24H22N2O2S/c1-16-8-9-22-21(23(25-26(22)14-16)19-6-4-3-5-7-19)13-17-10-18(15-29-2)12-20(11-17)24(27)28/h3-12,14H,13,15H2,1-2H3,(H,27,28). The third-order valence-electron chi connectivity index (χ3n) is 4.92. The van der Waals surface area contributed by atoms with Crippen molar-refractivity contribution in [1.82, 2.24) is 9.61 Å². The molecule has 0 radical (unpaired) electrons. The predicted octanol–water partition coefficient (Wildman–Crippen LogP) is 5.46. The highest BCUT2D eigenvalue weighted by Crippen LogP contribution is 2.29. The molecule has 0 unspecified atom stereocenters. The van der Waals surface area contributed by atoms with Gasteiger partial charge in [0.2, 0.25) is 0 Å². The van der Waals surface area contributed by atoms with Crippen molar-refractivity contribution in [3.8, 4) is 11.3 Å². The molecule has 0 bridgehead atoms. The van der Waals surface area contributed by atoms with E-state index in [4.69, 9.17) is 5.10 Å². The van der Waals surface area contributed by atoms with Crippen LogP contribution in [-0.4, -0.2) is 26.9 Å². The van der Waals surface area contributed by atoms with E-state index in [2.05, 4.69) is 30.3 Å². The van der Waals surface area contributed by atoms with Crippen molar-refractivity contribution in [2.24, 2.45) is 0 Å². The summed E-state index contributed by atoms with van der Waals surface area (Å²) in [5.41, 5.74) is 7.63. The Bertz CT molecular complexity index is 1180. The SMILES string of the molecule is CSCc1cc(Cc2c(-c3ccccc3)nn3cc(C)ccc23)cc(C(=O)O)c1. The molecule has 0 aliphatic rings. The van der Waals surface area contributed by atoms with Crippen LogP contribution in [0.4, 0.5) is 0 Å². The monoisotopic (exact) mass is 402 g/mol. The summed E-state index contributed by atoms with van der Waals surface area (Å²) < 4.78 is 1.93. The molecule has 4 aromatic rings. The van der Waals surface area contributed by atoms with Gasteiger partial charge in [-0.2, -0.15) is 16.9 Å². The molecule has 0 atom stereocenters. The van der Waals surface area contributed by atoms with E-state index >= 15 is 0 Å². The van der Waals surface area contributed by atoms with E-state index in [-0.39, 0.29) is 0 Å². The Morgan fingerprint density at radius 2 is 1.83 bits per heavy atom. The first-order valence-corrected chi connectivity index (χ1v) is 10.8. The second-order valence-corrected chi connectivity index (χ2v) is 8.05. The van der Waals surface area contributed by atoms with Crippen LogP contribution >= 0.6 is 11.8 Å². The number of aromatic nitrogens is 2. The molecule has 0 amide bonds. The van der Waals surface area contributed by atoms with E-state index in [9.17, 15) is 9.90 Å². The minimum atomic E-state index is -0.895. The van der Waals surface area contributed by atoms with Crippen molar-refractivity contribution in [3.05, 3.63) is 94.7 Å². The quantitative estimate of drug-likeness (QED) is 0.465. The Morgan fingerprint density at radius 3 is 2.55 bits per heavy atom. The first-order valence-electron chi connectivity index (χ1n) is 9.43. The summed E-state index contributed by atoms with van der Waals surface area (Å²) in [5, 5.41) is 14.4. The van der Waals surface area contributed by atoms with Crippen LogP contribution in [0.2, 0.25) is 0 Å². The molecular weight excluding hydrogens is 380 g/mol. The number of carboxylic acids is 1. The van der Waals surface area contributed by atoms with Crippen LogP contribution in [0.25, 0.3) is 16.8 Å². The number of aryl methyl sites for hydroxylation is 1. The van der Waals surface area contributed by atoms with Gasteiger partial charge in [-0.25, -0.2) is 9.31 Å². The lowest BCUT2D eigenvalue weighted by atomic mass is 9.97. The number of pyridine rings is 1. The van der Waals surface area contributed by atoms with Crippen molar-refractivity contribution in [1.29, 1.82) is 0 Å². The van der Waals surface area contributed by atoms with E-state index in [1.54, 1.807) is 23.9 Å². The molecule has 0 spiro atoms. The molecule has 4 rings (SSSR count). The lowest BCUT2D eigenvalue weighted by molar-refractivity contribution is 0.0696. The molecule has 0 saturated heterocycles. The molecule has 0 aliphatic carbocycles. The molecule has 0 saturated carbocycles. The number of fused-ring (bicyclic) bond motifs is 1. The van der Waals surface area contributed by atoms with E-state index < -0.39 is 5.97 Å². The number of thioether (sulfide) groups is 1. The fraction of sp³-hybridized carbons (Fsp3) is 0.167. The van der Waals surface area contributed by atoms with Gasteiger partial charge in [0, 0.05) is 29.5 Å². The van der Waals surface area contributed by atoms with Gasteiger partial charge in [0.15, 0.2) is 0 Å². The van der Waals surface area contributed by atoms with Gasteiger partial charge in [0.25, 0.3) is 0 Å². The maximum absolute atomic E-state index is 11.6. The van der Waals surface area contributed by atoms with Crippen LogP contribution in [0.5, 0.6) is 0 Å². The third-order valence-corrected chi connectivity index (χ3v) is 5.54. The van der Waals surface area contributed by atoms with E-state index in [0.29, 0.717) is 12.0 Å². The van der Waals surface area contributed by atoms with Crippen LogP contribution in [-0.2, 0) is 12.2 Å². The van der Waals surface area contributed by atoms with Gasteiger partial charge in [-0.1, -0.05) is 42.5 Å². The second kappa shape index (κ2) is 8.13. The third kappa shape index (κ3) is 4.05. The van der Waals surface area contributed by atoms with Crippen molar-refractivity contribution < 1.29 is 9.90 Å². The number of hydrogen-bond donors (Lipinski definition) is 1. The molecule has 0 aliphatic heterocycles. The van der Waals surface area contributed by atoms with Gasteiger partial charge >= 0.3 is 5.97 Å². The highest BCUT2D eigenvalue weighted by molar-refractivity contribution is 7.97. The largest absolute Gasteiger partial charge is 0.478 e. The summed E-state index contributed by atoms with van der Waals surface area (Å²) in [4.78, 5) is 11.6. The number of hydrogen-bond acceptors (Lipinski definition) is 3. The normalized spacial score (nSPS) is 11.1. The molecular formula is C24H22N2O2S. The van der Waals surface area contributed by atoms with E-state index in [1.807, 2.05) is 42.1 Å². The summed E-state index contributed by atoms with van der Waals surface area (Å²) in [5.74, 6) is -0.110. The maximum Gasteiger partial charge on any atom is 0.335 e. The zero-order chi connectivity index (χ0) is 20.4. The zero-order valence-electron chi connectivity index (χ0n) is 16.4. The van der Waals surface area contributed by atoms with Crippen molar-refractivity contribution >= 4 is 23.2 Å². The summed E-state index contributed by atoms with van der Waals surface area (Å²) in [6.07, 6.45) is 4.67. The average Bonchev–Trinajstić information content (AvgIpc) is 3.06. The molecule has 5 heteroatoms. The number of aromatic carboxylic acids is 1. The van der Waals surface area contributed by atoms with E-state index in [1.165, 1.54) is 0 Å². The van der Waals surface area contributed by atoms with Crippen LogP contribution in [0.1, 0.15) is 32.6 Å². The highest BCUT2D eigenvalue weighted by atomic mass is 32.2. The van der Waals surface area contributed by atoms with Gasteiger partial charge in [0.05, 0.1) is 16.8 Å². The highest BCUT2D eigenvalue weighted by Gasteiger charge is 2.16. The van der Waals surface area contributed by atoms with Gasteiger partial charge in [-0.15, -0.1) is 0 Å². The molecule has 146 valence electrons. The summed E-state index contributed by atoms with van der Waals surface area (Å²) >= 11 is 1.69. The minimum absolute atomic E-state index is 0.333. The fourth-order valence-electron chi connectivity index (χ4n) is 3.65. The van der Waals surface area contributed by atoms with E-state index in [0.717, 1.165) is 44.8 Å². The number of carbonyl (C=O) groups is 1. The Balaban J connectivity index is 1.87. The maximum atomic E-state index is 11.6. The lowest BCUT2D eigenvalue weighted by Gasteiger charge is -2.09. The number of carboxylic acid groups (broad SMARTS) is 1. The molecule has 1 N–H and O–H groups in total. The van der Waals surface area contributed by atoms with Crippen LogP contribution in [0, 0.1) is 6.92 Å². The summed E-state index contributed by atoms with van der Waals surface area (Å²) in [7, 11) is 0. The summed E-state index contributed by atoms with van der Waals surface area (Å²) in [6.45, 7) is 2.05. The molecule has 0 fully saturated rings. The molecule has 4 nitrogen and oxygen atoms in total. The number of benzene rings is 2. The van der Waals surface area contributed by atoms with Crippen molar-refractivity contribution in [2.75, 3.05) is 6.26 Å². The molecule has 2 heterocycles. The van der Waals surface area contributed by atoms with Gasteiger partial charge in [-0.3, -0.25) is 0 Å². The Labute approximate surface area is 174 Å². The topological polar surface area (TPSA) is 54.6 Å². The summed E-state index contributed by atoms with van der Waals surface area (Å²) in [6, 6.07) is 20.0. The van der Waals surface area contributed by atoms with Gasteiger partial charge < -0.3 is 5.11 Å². The van der Waals surface area contributed by atoms with Gasteiger partial charge in [0.1, 0.15) is 0 Å². The second-order valence-electron chi connectivity index (χ2n) is 7.18. The number of nitrogens with zero attached hydrogens (tertiary/aromatic N) is 2. The van der Waals surface area contributed by atoms with Crippen LogP contribution in [0.3, 0.4) is 0 Å². The first kappa shape index (κ1) is 19.3. The van der Waals surface area contributed by atoms with Gasteiger partial charge in [-0.05, 0) is 48.1 Å². The molecule has 2 aromatic carbocycles. The molecule has 2 aromatic heterocycles. The minimum Gasteiger partial charge on any atom is -0.478 e. The average molecular weight is 403 g/mol. The fourth-order valence-corrected chi connectivity index (χ4v) is 4.15. The van der Waals surface area contributed by atoms with Crippen molar-refractivity contribution in [3.63, 3.8) is 0 Å². The molecule has 29 heavy (non-hydrogen) atoms. The Kier molecular flexibility index (Phi) is 5.41. The predicted molar refractivity (Wildman–Crippen MR) is 119 cm³/mol. The Morgan fingerprint density at radius 1 is 1.07 bits per heavy atom. The zero-order valence-corrected chi connectivity index (χ0v) is 17.2. The van der Waals surface area contributed by atoms with Crippen LogP contribution in [0.15, 0.2) is 66.9 Å². The smallest absolute Gasteiger partial charge is 0.335 e. The number of rotatable bonds is 6.